The maximum absolute atomic E-state index is 8.33. The van der Waals surface area contributed by atoms with Crippen molar-refractivity contribution in [3.63, 3.8) is 0 Å². The van der Waals surface area contributed by atoms with Crippen molar-refractivity contribution < 1.29 is 0 Å². The van der Waals surface area contributed by atoms with Crippen molar-refractivity contribution in [3.05, 3.63) is 0 Å². The van der Waals surface area contributed by atoms with E-state index >= 15 is 0 Å². The van der Waals surface area contributed by atoms with Crippen LogP contribution in [0.15, 0.2) is 0 Å². The van der Waals surface area contributed by atoms with Crippen molar-refractivity contribution in [1.82, 2.24) is 0 Å². The molecule has 0 saturated heterocycles. The largest absolute Gasteiger partial charge is 0.198 e. The predicted molar refractivity (Wildman–Crippen MR) is 40.0 cm³/mol. The average molecular weight is 134 g/mol. The zero-order valence-corrected chi connectivity index (χ0v) is 8.81. The quantitative estimate of drug-likeness (QED) is 0.528. The first-order valence-electron chi connectivity index (χ1n) is 3.06. The van der Waals surface area contributed by atoms with Gasteiger partial charge in [-0.15, -0.1) is 0 Å². The molecule has 1 radical (unpaired) electrons. The van der Waals surface area contributed by atoms with E-state index in [1.807, 2.05) is 6.92 Å². The van der Waals surface area contributed by atoms with Crippen LogP contribution in [0.25, 0.3) is 0 Å². The topological polar surface area (TPSA) is 23.8 Å². The van der Waals surface area contributed by atoms with Crippen molar-refractivity contribution in [2.45, 2.75) is 27.2 Å². The summed E-state index contributed by atoms with van der Waals surface area (Å²) < 4.78 is 0. The van der Waals surface area contributed by atoms with Gasteiger partial charge in [0.15, 0.2) is 0 Å². The van der Waals surface area contributed by atoms with Gasteiger partial charge >= 0.3 is 0 Å². The van der Waals surface area contributed by atoms with E-state index in [0.29, 0.717) is 5.92 Å². The normalized spacial score (nSPS) is 11.9. The maximum Gasteiger partial charge on any atom is 0.0652 e. The summed E-state index contributed by atoms with van der Waals surface area (Å²) in [7, 11) is 0. The Kier molecular flexibility index (Phi) is 8.95. The summed E-state index contributed by atoms with van der Waals surface area (Å²) in [6, 6.07) is 2.20. The van der Waals surface area contributed by atoms with E-state index in [0.717, 1.165) is 6.42 Å². The van der Waals surface area contributed by atoms with Crippen LogP contribution in [0.4, 0.5) is 0 Å². The molecule has 0 N–H and O–H groups in total. The molecule has 9 heavy (non-hydrogen) atoms. The van der Waals surface area contributed by atoms with Gasteiger partial charge in [0.05, 0.1) is 6.07 Å². The zero-order valence-electron chi connectivity index (χ0n) is 6.81. The van der Waals surface area contributed by atoms with Gasteiger partial charge in [0.2, 0.25) is 0 Å². The molecule has 0 amide bonds. The van der Waals surface area contributed by atoms with E-state index < -0.39 is 0 Å². The zero-order chi connectivity index (χ0) is 6.57. The molecule has 0 rings (SSSR count). The van der Waals surface area contributed by atoms with Crippen molar-refractivity contribution in [1.29, 1.82) is 5.26 Å². The molecule has 2 heteroatoms. The SMILES string of the molecule is CC(C)CC(C)C#N.[Na]. The molecule has 0 fully saturated rings. The molecule has 0 heterocycles. The van der Waals surface area contributed by atoms with Gasteiger partial charge in [-0.25, -0.2) is 0 Å². The fourth-order valence-corrected chi connectivity index (χ4v) is 0.760. The minimum Gasteiger partial charge on any atom is -0.198 e. The Morgan fingerprint density at radius 2 is 1.78 bits per heavy atom. The van der Waals surface area contributed by atoms with Gasteiger partial charge in [-0.05, 0) is 19.3 Å². The summed E-state index contributed by atoms with van der Waals surface area (Å²) >= 11 is 0. The molecule has 0 aliphatic rings. The standard InChI is InChI=1S/C7H13N.Na/c1-6(2)4-7(3)5-8;/h6-7H,4H2,1-3H3;. The molecule has 0 aromatic rings. The molecule has 0 saturated carbocycles. The molecule has 1 unspecified atom stereocenters. The summed E-state index contributed by atoms with van der Waals surface area (Å²) in [5.74, 6) is 0.889. The van der Waals surface area contributed by atoms with E-state index in [2.05, 4.69) is 19.9 Å². The second-order valence-corrected chi connectivity index (χ2v) is 2.66. The monoisotopic (exact) mass is 134 g/mol. The molecular formula is C7H13NNa. The van der Waals surface area contributed by atoms with E-state index in [4.69, 9.17) is 5.26 Å². The Hall–Kier alpha value is 0.490. The minimum atomic E-state index is 0. The van der Waals surface area contributed by atoms with Gasteiger partial charge in [0, 0.05) is 35.5 Å². The first kappa shape index (κ1) is 12.2. The van der Waals surface area contributed by atoms with Crippen LogP contribution in [0.1, 0.15) is 27.2 Å². The fraction of sp³-hybridized carbons (Fsp3) is 0.857. The molecule has 0 aliphatic carbocycles. The van der Waals surface area contributed by atoms with Crippen LogP contribution in [0, 0.1) is 23.2 Å². The molecule has 0 spiro atoms. The summed E-state index contributed by atoms with van der Waals surface area (Å²) in [6.07, 6.45) is 1.02. The number of hydrogen-bond donors (Lipinski definition) is 0. The molecule has 0 bridgehead atoms. The van der Waals surface area contributed by atoms with Gasteiger partial charge in [-0.1, -0.05) is 13.8 Å². The molecule has 0 aliphatic heterocycles. The summed E-state index contributed by atoms with van der Waals surface area (Å²) in [5, 5.41) is 8.33. The van der Waals surface area contributed by atoms with Gasteiger partial charge in [0.1, 0.15) is 0 Å². The second-order valence-electron chi connectivity index (χ2n) is 2.66. The smallest absolute Gasteiger partial charge is 0.0652 e. The average Bonchev–Trinajstić information content (AvgIpc) is 1.65. The number of rotatable bonds is 2. The summed E-state index contributed by atoms with van der Waals surface area (Å²) in [6.45, 7) is 6.22. The van der Waals surface area contributed by atoms with Crippen LogP contribution in [0.3, 0.4) is 0 Å². The number of hydrogen-bond acceptors (Lipinski definition) is 1. The van der Waals surface area contributed by atoms with Crippen LogP contribution < -0.4 is 0 Å². The molecule has 1 nitrogen and oxygen atoms in total. The molecule has 1 atom stereocenters. The van der Waals surface area contributed by atoms with Crippen LogP contribution in [0.2, 0.25) is 0 Å². The Morgan fingerprint density at radius 1 is 1.33 bits per heavy atom. The van der Waals surface area contributed by atoms with Crippen LogP contribution in [-0.2, 0) is 0 Å². The minimum absolute atomic E-state index is 0. The molecular weight excluding hydrogens is 121 g/mol. The van der Waals surface area contributed by atoms with E-state index in [9.17, 15) is 0 Å². The summed E-state index contributed by atoms with van der Waals surface area (Å²) in [4.78, 5) is 0. The Labute approximate surface area is 79.7 Å². The van der Waals surface area contributed by atoms with Gasteiger partial charge in [0.25, 0.3) is 0 Å². The predicted octanol–water partition coefficient (Wildman–Crippen LogP) is 1.81. The van der Waals surface area contributed by atoms with Crippen LogP contribution >= 0.6 is 0 Å². The first-order chi connectivity index (χ1) is 3.66. The third kappa shape index (κ3) is 8.49. The number of nitrogens with zero attached hydrogens (tertiary/aromatic N) is 1. The van der Waals surface area contributed by atoms with Crippen molar-refractivity contribution in [2.75, 3.05) is 0 Å². The van der Waals surface area contributed by atoms with Crippen LogP contribution in [-0.4, -0.2) is 29.6 Å². The van der Waals surface area contributed by atoms with E-state index in [1.54, 1.807) is 0 Å². The maximum atomic E-state index is 8.33. The Balaban J connectivity index is 0. The molecule has 0 aromatic carbocycles. The second kappa shape index (κ2) is 6.61. The third-order valence-electron chi connectivity index (χ3n) is 1.05. The summed E-state index contributed by atoms with van der Waals surface area (Å²) in [5.41, 5.74) is 0. The van der Waals surface area contributed by atoms with Crippen molar-refractivity contribution >= 4 is 29.6 Å². The molecule has 0 aromatic heterocycles. The van der Waals surface area contributed by atoms with Crippen molar-refractivity contribution in [3.8, 4) is 6.07 Å². The fourth-order valence-electron chi connectivity index (χ4n) is 0.760. The van der Waals surface area contributed by atoms with E-state index in [-0.39, 0.29) is 35.5 Å². The van der Waals surface area contributed by atoms with Gasteiger partial charge < -0.3 is 0 Å². The number of nitriles is 1. The van der Waals surface area contributed by atoms with Gasteiger partial charge in [-0.3, -0.25) is 0 Å². The Bertz CT molecular complexity index is 93.6. The van der Waals surface area contributed by atoms with Gasteiger partial charge in [-0.2, -0.15) is 5.26 Å². The van der Waals surface area contributed by atoms with Crippen LogP contribution in [0.5, 0.6) is 0 Å². The molecule has 47 valence electrons. The van der Waals surface area contributed by atoms with E-state index in [1.165, 1.54) is 0 Å². The first-order valence-corrected chi connectivity index (χ1v) is 3.06. The third-order valence-corrected chi connectivity index (χ3v) is 1.05. The Morgan fingerprint density at radius 3 is 1.89 bits per heavy atom. The van der Waals surface area contributed by atoms with Crippen molar-refractivity contribution in [2.24, 2.45) is 11.8 Å².